The zero-order chi connectivity index (χ0) is 17.1. The van der Waals surface area contributed by atoms with Crippen LogP contribution in [0.5, 0.6) is 0 Å². The molecule has 0 bridgehead atoms. The summed E-state index contributed by atoms with van der Waals surface area (Å²) in [6, 6.07) is 6.08. The van der Waals surface area contributed by atoms with Crippen LogP contribution >= 0.6 is 11.6 Å². The molecule has 0 radical (unpaired) electrons. The molecule has 8 nitrogen and oxygen atoms in total. The first kappa shape index (κ1) is 16.4. The van der Waals surface area contributed by atoms with Crippen LogP contribution in [0.15, 0.2) is 35.4 Å². The number of hydrogen-bond acceptors (Lipinski definition) is 6. The quantitative estimate of drug-likeness (QED) is 0.666. The van der Waals surface area contributed by atoms with Gasteiger partial charge in [-0.3, -0.25) is 19.8 Å². The van der Waals surface area contributed by atoms with Gasteiger partial charge in [-0.2, -0.15) is 0 Å². The Hall–Kier alpha value is -2.45. The van der Waals surface area contributed by atoms with E-state index in [9.17, 15) is 14.9 Å². The third-order valence-electron chi connectivity index (χ3n) is 3.99. The van der Waals surface area contributed by atoms with Crippen LogP contribution in [0.25, 0.3) is 0 Å². The van der Waals surface area contributed by atoms with Gasteiger partial charge < -0.3 is 9.88 Å². The van der Waals surface area contributed by atoms with Crippen molar-refractivity contribution in [3.05, 3.63) is 61.6 Å². The van der Waals surface area contributed by atoms with Gasteiger partial charge >= 0.3 is 0 Å². The number of halogens is 1. The summed E-state index contributed by atoms with van der Waals surface area (Å²) < 4.78 is 0. The van der Waals surface area contributed by atoms with Gasteiger partial charge in [0, 0.05) is 55.4 Å². The van der Waals surface area contributed by atoms with Crippen molar-refractivity contribution in [3.8, 4) is 0 Å². The Labute approximate surface area is 142 Å². The summed E-state index contributed by atoms with van der Waals surface area (Å²) in [5.41, 5.74) is 0.505. The van der Waals surface area contributed by atoms with E-state index in [-0.39, 0.29) is 16.2 Å². The summed E-state index contributed by atoms with van der Waals surface area (Å²) in [7, 11) is 0. The fourth-order valence-electron chi connectivity index (χ4n) is 2.77. The molecule has 24 heavy (non-hydrogen) atoms. The summed E-state index contributed by atoms with van der Waals surface area (Å²) in [4.78, 5) is 32.9. The smallest absolute Gasteiger partial charge is 0.273 e. The van der Waals surface area contributed by atoms with E-state index in [2.05, 4.69) is 14.9 Å². The summed E-state index contributed by atoms with van der Waals surface area (Å²) in [6.07, 6.45) is 1.39. The fourth-order valence-corrected chi connectivity index (χ4v) is 2.96. The first-order chi connectivity index (χ1) is 11.5. The number of hydrogen-bond donors (Lipinski definition) is 1. The predicted octanol–water partition coefficient (Wildman–Crippen LogP) is 1.65. The predicted molar refractivity (Wildman–Crippen MR) is 90.5 cm³/mol. The number of nitrogens with one attached hydrogen (secondary N) is 1. The van der Waals surface area contributed by atoms with Crippen molar-refractivity contribution in [2.75, 3.05) is 31.1 Å². The molecular weight excluding hydrogens is 334 g/mol. The van der Waals surface area contributed by atoms with Gasteiger partial charge in [0.15, 0.2) is 0 Å². The maximum absolute atomic E-state index is 11.4. The lowest BCUT2D eigenvalue weighted by atomic mass is 10.1. The number of nitrogens with zero attached hydrogens (tertiary/aromatic N) is 4. The summed E-state index contributed by atoms with van der Waals surface area (Å²) >= 11 is 5.97. The van der Waals surface area contributed by atoms with Crippen molar-refractivity contribution >= 4 is 23.1 Å². The number of benzene rings is 1. The number of piperazine rings is 1. The minimum atomic E-state index is -0.387. The molecule has 0 atom stereocenters. The molecule has 1 aromatic carbocycles. The van der Waals surface area contributed by atoms with E-state index in [0.717, 1.165) is 13.1 Å². The lowest BCUT2D eigenvalue weighted by Crippen LogP contribution is -2.46. The highest BCUT2D eigenvalue weighted by Gasteiger charge is 2.21. The highest BCUT2D eigenvalue weighted by molar-refractivity contribution is 6.30. The van der Waals surface area contributed by atoms with Gasteiger partial charge in [0.1, 0.15) is 5.82 Å². The van der Waals surface area contributed by atoms with E-state index >= 15 is 0 Å². The van der Waals surface area contributed by atoms with Crippen LogP contribution in [-0.4, -0.2) is 46.0 Å². The average Bonchev–Trinajstić information content (AvgIpc) is 2.55. The minimum Gasteiger partial charge on any atom is -0.354 e. The van der Waals surface area contributed by atoms with Gasteiger partial charge in [-0.25, -0.2) is 4.98 Å². The molecule has 9 heteroatoms. The largest absolute Gasteiger partial charge is 0.354 e. The Morgan fingerprint density at radius 2 is 2.00 bits per heavy atom. The van der Waals surface area contributed by atoms with Crippen LogP contribution in [0.3, 0.4) is 0 Å². The molecule has 1 aliphatic rings. The molecule has 1 N–H and O–H groups in total. The Morgan fingerprint density at radius 3 is 2.67 bits per heavy atom. The molecule has 1 fully saturated rings. The van der Waals surface area contributed by atoms with Crippen LogP contribution in [0.2, 0.25) is 5.02 Å². The molecule has 1 aromatic heterocycles. The molecule has 3 rings (SSSR count). The molecule has 1 aliphatic heterocycles. The van der Waals surface area contributed by atoms with Crippen LogP contribution in [0.4, 0.5) is 11.5 Å². The van der Waals surface area contributed by atoms with E-state index in [1.165, 1.54) is 24.5 Å². The molecule has 0 aliphatic carbocycles. The molecule has 1 saturated heterocycles. The number of anilines is 1. The maximum atomic E-state index is 11.4. The highest BCUT2D eigenvalue weighted by atomic mass is 35.5. The van der Waals surface area contributed by atoms with Gasteiger partial charge in [-0.05, 0) is 12.1 Å². The van der Waals surface area contributed by atoms with Gasteiger partial charge in [0.05, 0.1) is 11.3 Å². The number of H-pyrrole nitrogens is 1. The van der Waals surface area contributed by atoms with Crippen molar-refractivity contribution in [1.29, 1.82) is 0 Å². The number of nitro groups is 1. The molecule has 2 heterocycles. The third-order valence-corrected chi connectivity index (χ3v) is 4.23. The van der Waals surface area contributed by atoms with Crippen molar-refractivity contribution in [1.82, 2.24) is 14.9 Å². The normalized spacial score (nSPS) is 15.5. The fraction of sp³-hybridized carbons (Fsp3) is 0.333. The molecule has 0 unspecified atom stereocenters. The second kappa shape index (κ2) is 6.98. The van der Waals surface area contributed by atoms with E-state index in [1.54, 1.807) is 6.07 Å². The lowest BCUT2D eigenvalue weighted by molar-refractivity contribution is -0.385. The molecule has 0 saturated carbocycles. The molecular formula is C15H16ClN5O3. The first-order valence-electron chi connectivity index (χ1n) is 7.48. The second-order valence-electron chi connectivity index (χ2n) is 5.56. The van der Waals surface area contributed by atoms with Gasteiger partial charge in [0.25, 0.3) is 11.2 Å². The van der Waals surface area contributed by atoms with Crippen LogP contribution in [0, 0.1) is 10.1 Å². The van der Waals surface area contributed by atoms with E-state index in [0.29, 0.717) is 36.0 Å². The maximum Gasteiger partial charge on any atom is 0.273 e. The zero-order valence-electron chi connectivity index (χ0n) is 12.8. The molecule has 0 spiro atoms. The number of nitro benzene ring substituents is 1. The van der Waals surface area contributed by atoms with Crippen LogP contribution < -0.4 is 10.5 Å². The summed E-state index contributed by atoms with van der Waals surface area (Å²) in [5.74, 6) is 0.645. The molecule has 126 valence electrons. The zero-order valence-corrected chi connectivity index (χ0v) is 13.6. The minimum absolute atomic E-state index is 0.0816. The van der Waals surface area contributed by atoms with Crippen LogP contribution in [-0.2, 0) is 6.54 Å². The molecule has 2 aromatic rings. The summed E-state index contributed by atoms with van der Waals surface area (Å²) in [5, 5.41) is 11.6. The van der Waals surface area contributed by atoms with Crippen molar-refractivity contribution < 1.29 is 4.92 Å². The van der Waals surface area contributed by atoms with Crippen molar-refractivity contribution in [2.24, 2.45) is 0 Å². The Kier molecular flexibility index (Phi) is 4.77. The number of aromatic amines is 1. The van der Waals surface area contributed by atoms with Crippen LogP contribution in [0.1, 0.15) is 5.56 Å². The van der Waals surface area contributed by atoms with Gasteiger partial charge in [0.2, 0.25) is 0 Å². The van der Waals surface area contributed by atoms with E-state index < -0.39 is 0 Å². The lowest BCUT2D eigenvalue weighted by Gasteiger charge is -2.35. The Bertz CT molecular complexity index is 802. The second-order valence-corrected chi connectivity index (χ2v) is 6.00. The van der Waals surface area contributed by atoms with E-state index in [1.807, 2.05) is 4.90 Å². The third kappa shape index (κ3) is 3.72. The standard InChI is InChI=1S/C15H16ClN5O3/c16-12-1-2-13(21(23)24)11(7-12)9-19-3-5-20(6-4-19)14-8-15(22)18-10-17-14/h1-2,7-8,10H,3-6,9H2,(H,17,18,22). The topological polar surface area (TPSA) is 95.4 Å². The number of rotatable bonds is 4. The van der Waals surface area contributed by atoms with Gasteiger partial charge in [-0.15, -0.1) is 0 Å². The van der Waals surface area contributed by atoms with E-state index in [4.69, 9.17) is 11.6 Å². The van der Waals surface area contributed by atoms with Gasteiger partial charge in [-0.1, -0.05) is 11.6 Å². The van der Waals surface area contributed by atoms with Crippen molar-refractivity contribution in [3.63, 3.8) is 0 Å². The van der Waals surface area contributed by atoms with Crippen molar-refractivity contribution in [2.45, 2.75) is 6.54 Å². The highest BCUT2D eigenvalue weighted by Crippen LogP contribution is 2.24. The average molecular weight is 350 g/mol. The molecule has 0 amide bonds. The first-order valence-corrected chi connectivity index (χ1v) is 7.85. The number of aromatic nitrogens is 2. The SMILES string of the molecule is O=c1cc(N2CCN(Cc3cc(Cl)ccc3[N+](=O)[O-])CC2)nc[nH]1. The summed E-state index contributed by atoms with van der Waals surface area (Å²) in [6.45, 7) is 3.31. The Morgan fingerprint density at radius 1 is 1.25 bits per heavy atom. The Balaban J connectivity index is 1.67. The monoisotopic (exact) mass is 349 g/mol.